The lowest BCUT2D eigenvalue weighted by molar-refractivity contribution is -0.147. The van der Waals surface area contributed by atoms with E-state index in [1.165, 1.54) is 7.11 Å². The highest BCUT2D eigenvalue weighted by Gasteiger charge is 2.14. The minimum atomic E-state index is -0.812. The number of nitrogens with one attached hydrogen (secondary N) is 3. The van der Waals surface area contributed by atoms with Crippen molar-refractivity contribution in [3.8, 4) is 5.75 Å². The Morgan fingerprint density at radius 1 is 0.857 bits per heavy atom. The number of methoxy groups -OCH3 is 1. The maximum atomic E-state index is 12.1. The summed E-state index contributed by atoms with van der Waals surface area (Å²) in [6.07, 6.45) is 0. The molecule has 0 fully saturated rings. The van der Waals surface area contributed by atoms with Crippen LogP contribution in [0.5, 0.6) is 5.75 Å². The number of rotatable bonds is 7. The van der Waals surface area contributed by atoms with Crippen molar-refractivity contribution in [3.63, 3.8) is 0 Å². The monoisotopic (exact) mass is 385 g/mol. The SMILES string of the molecule is COc1ccccc1C(=O)NCC(=O)OCC(=O)NNC(=O)c1ccccc1. The summed E-state index contributed by atoms with van der Waals surface area (Å²) in [6, 6.07) is 14.8. The molecular formula is C19H19N3O6. The Morgan fingerprint density at radius 3 is 2.25 bits per heavy atom. The normalized spacial score (nSPS) is 9.75. The van der Waals surface area contributed by atoms with Gasteiger partial charge in [-0.15, -0.1) is 0 Å². The quantitative estimate of drug-likeness (QED) is 0.469. The zero-order chi connectivity index (χ0) is 20.4. The molecular weight excluding hydrogens is 366 g/mol. The first-order valence-corrected chi connectivity index (χ1v) is 8.22. The molecule has 0 aliphatic rings. The van der Waals surface area contributed by atoms with Crippen LogP contribution < -0.4 is 20.9 Å². The van der Waals surface area contributed by atoms with Crippen molar-refractivity contribution in [2.75, 3.05) is 20.3 Å². The van der Waals surface area contributed by atoms with Gasteiger partial charge < -0.3 is 14.8 Å². The largest absolute Gasteiger partial charge is 0.496 e. The lowest BCUT2D eigenvalue weighted by Crippen LogP contribution is -2.44. The van der Waals surface area contributed by atoms with Crippen LogP contribution in [0, 0.1) is 0 Å². The summed E-state index contributed by atoms with van der Waals surface area (Å²) in [4.78, 5) is 47.1. The molecule has 2 aromatic carbocycles. The maximum Gasteiger partial charge on any atom is 0.325 e. The van der Waals surface area contributed by atoms with E-state index in [1.54, 1.807) is 54.6 Å². The minimum Gasteiger partial charge on any atom is -0.496 e. The van der Waals surface area contributed by atoms with Gasteiger partial charge in [-0.05, 0) is 24.3 Å². The van der Waals surface area contributed by atoms with Gasteiger partial charge in [0.05, 0.1) is 12.7 Å². The second kappa shape index (κ2) is 10.3. The van der Waals surface area contributed by atoms with Gasteiger partial charge in [0, 0.05) is 5.56 Å². The molecule has 2 rings (SSSR count). The smallest absolute Gasteiger partial charge is 0.325 e. The topological polar surface area (TPSA) is 123 Å². The molecule has 2 aromatic rings. The molecule has 0 radical (unpaired) electrons. The molecule has 9 heteroatoms. The molecule has 0 bridgehead atoms. The van der Waals surface area contributed by atoms with Crippen LogP contribution in [0.2, 0.25) is 0 Å². The van der Waals surface area contributed by atoms with Gasteiger partial charge in [-0.3, -0.25) is 30.0 Å². The van der Waals surface area contributed by atoms with Crippen LogP contribution >= 0.6 is 0 Å². The Morgan fingerprint density at radius 2 is 1.54 bits per heavy atom. The molecule has 28 heavy (non-hydrogen) atoms. The van der Waals surface area contributed by atoms with Crippen LogP contribution in [0.4, 0.5) is 0 Å². The number of carbonyl (C=O) groups is 4. The van der Waals surface area contributed by atoms with Crippen LogP contribution in [0.1, 0.15) is 20.7 Å². The average molecular weight is 385 g/mol. The van der Waals surface area contributed by atoms with E-state index in [4.69, 9.17) is 9.47 Å². The number of benzene rings is 2. The van der Waals surface area contributed by atoms with E-state index in [0.29, 0.717) is 11.3 Å². The third kappa shape index (κ3) is 6.13. The summed E-state index contributed by atoms with van der Waals surface area (Å²) in [5.41, 5.74) is 4.94. The van der Waals surface area contributed by atoms with E-state index in [2.05, 4.69) is 16.2 Å². The van der Waals surface area contributed by atoms with E-state index < -0.39 is 36.8 Å². The lowest BCUT2D eigenvalue weighted by atomic mass is 10.2. The molecule has 0 unspecified atom stereocenters. The van der Waals surface area contributed by atoms with E-state index >= 15 is 0 Å². The number of amides is 3. The van der Waals surface area contributed by atoms with Crippen molar-refractivity contribution in [1.82, 2.24) is 16.2 Å². The summed E-state index contributed by atoms with van der Waals surface area (Å²) >= 11 is 0. The van der Waals surface area contributed by atoms with Crippen LogP contribution in [-0.2, 0) is 14.3 Å². The van der Waals surface area contributed by atoms with Gasteiger partial charge >= 0.3 is 5.97 Å². The molecule has 0 saturated carbocycles. The molecule has 0 aliphatic heterocycles. The molecule has 3 amide bonds. The molecule has 0 atom stereocenters. The lowest BCUT2D eigenvalue weighted by Gasteiger charge is -2.10. The third-order valence-electron chi connectivity index (χ3n) is 3.46. The maximum absolute atomic E-state index is 12.1. The van der Waals surface area contributed by atoms with Crippen LogP contribution in [0.3, 0.4) is 0 Å². The van der Waals surface area contributed by atoms with Crippen LogP contribution in [0.25, 0.3) is 0 Å². The van der Waals surface area contributed by atoms with Crippen LogP contribution in [-0.4, -0.2) is 44.0 Å². The fraction of sp³-hybridized carbons (Fsp3) is 0.158. The molecule has 0 aromatic heterocycles. The van der Waals surface area contributed by atoms with Gasteiger partial charge in [-0.2, -0.15) is 0 Å². The number of carbonyl (C=O) groups excluding carboxylic acids is 4. The summed E-state index contributed by atoms with van der Waals surface area (Å²) in [7, 11) is 1.43. The molecule has 0 heterocycles. The number of hydrogen-bond acceptors (Lipinski definition) is 6. The van der Waals surface area contributed by atoms with Crippen molar-refractivity contribution < 1.29 is 28.7 Å². The van der Waals surface area contributed by atoms with E-state index in [-0.39, 0.29) is 5.56 Å². The zero-order valence-corrected chi connectivity index (χ0v) is 15.1. The number of hydrogen-bond donors (Lipinski definition) is 3. The predicted molar refractivity (Wildman–Crippen MR) is 98.3 cm³/mol. The number of esters is 1. The summed E-state index contributed by atoms with van der Waals surface area (Å²) in [5.74, 6) is -2.21. The van der Waals surface area contributed by atoms with Gasteiger partial charge in [-0.25, -0.2) is 0 Å². The van der Waals surface area contributed by atoms with Gasteiger partial charge in [-0.1, -0.05) is 30.3 Å². The Bertz CT molecular complexity index is 854. The second-order valence-electron chi connectivity index (χ2n) is 5.41. The van der Waals surface area contributed by atoms with E-state index in [1.807, 2.05) is 0 Å². The van der Waals surface area contributed by atoms with Gasteiger partial charge in [0.25, 0.3) is 17.7 Å². The standard InChI is InChI=1S/C19H19N3O6/c1-27-15-10-6-5-9-14(15)19(26)20-11-17(24)28-12-16(23)21-22-18(25)13-7-3-2-4-8-13/h2-10H,11-12H2,1H3,(H,20,26)(H,21,23)(H,22,25). The van der Waals surface area contributed by atoms with Crippen molar-refractivity contribution in [2.24, 2.45) is 0 Å². The average Bonchev–Trinajstić information content (AvgIpc) is 2.74. The van der Waals surface area contributed by atoms with Crippen molar-refractivity contribution in [2.45, 2.75) is 0 Å². The summed E-state index contributed by atoms with van der Waals surface area (Å²) < 4.78 is 9.80. The first-order chi connectivity index (χ1) is 13.5. The first kappa shape index (κ1) is 20.4. The van der Waals surface area contributed by atoms with E-state index in [0.717, 1.165) is 0 Å². The Kier molecular flexibility index (Phi) is 7.53. The Labute approximate surface area is 161 Å². The molecule has 3 N–H and O–H groups in total. The molecule has 0 aliphatic carbocycles. The predicted octanol–water partition coefficient (Wildman–Crippen LogP) is 0.429. The highest BCUT2D eigenvalue weighted by atomic mass is 16.5. The second-order valence-corrected chi connectivity index (χ2v) is 5.41. The van der Waals surface area contributed by atoms with Crippen molar-refractivity contribution in [3.05, 3.63) is 65.7 Å². The highest BCUT2D eigenvalue weighted by Crippen LogP contribution is 2.16. The zero-order valence-electron chi connectivity index (χ0n) is 15.1. The van der Waals surface area contributed by atoms with Crippen molar-refractivity contribution >= 4 is 23.7 Å². The Balaban J connectivity index is 1.69. The first-order valence-electron chi connectivity index (χ1n) is 8.22. The Hall–Kier alpha value is -3.88. The van der Waals surface area contributed by atoms with Gasteiger partial charge in [0.1, 0.15) is 12.3 Å². The molecule has 146 valence electrons. The minimum absolute atomic E-state index is 0.263. The number of para-hydroxylation sites is 1. The van der Waals surface area contributed by atoms with Gasteiger partial charge in [0.15, 0.2) is 6.61 Å². The fourth-order valence-corrected chi connectivity index (χ4v) is 2.10. The molecule has 0 spiro atoms. The highest BCUT2D eigenvalue weighted by molar-refractivity contribution is 5.98. The van der Waals surface area contributed by atoms with E-state index in [9.17, 15) is 19.2 Å². The molecule has 0 saturated heterocycles. The van der Waals surface area contributed by atoms with Crippen LogP contribution in [0.15, 0.2) is 54.6 Å². The fourth-order valence-electron chi connectivity index (χ4n) is 2.10. The van der Waals surface area contributed by atoms with Gasteiger partial charge in [0.2, 0.25) is 0 Å². The summed E-state index contributed by atoms with van der Waals surface area (Å²) in [5, 5.41) is 2.37. The summed E-state index contributed by atoms with van der Waals surface area (Å²) in [6.45, 7) is -1.04. The number of ether oxygens (including phenoxy) is 2. The van der Waals surface area contributed by atoms with Crippen molar-refractivity contribution in [1.29, 1.82) is 0 Å². The molecule has 9 nitrogen and oxygen atoms in total. The number of hydrazine groups is 1. The third-order valence-corrected chi connectivity index (χ3v) is 3.46.